The van der Waals surface area contributed by atoms with Crippen LogP contribution in [0.4, 0.5) is 0 Å². The second kappa shape index (κ2) is 9.85. The number of carbonyl (C=O) groups is 3. The fraction of sp³-hybridized carbons (Fsp3) is 0.519. The predicted octanol–water partition coefficient (Wildman–Crippen LogP) is 1.28. The highest BCUT2D eigenvalue weighted by atomic mass is 32.2. The van der Waals surface area contributed by atoms with E-state index in [4.69, 9.17) is 0 Å². The van der Waals surface area contributed by atoms with E-state index >= 15 is 0 Å². The first-order chi connectivity index (χ1) is 18.5. The summed E-state index contributed by atoms with van der Waals surface area (Å²) in [4.78, 5) is 47.1. The van der Waals surface area contributed by atoms with E-state index in [1.807, 2.05) is 48.6 Å². The quantitative estimate of drug-likeness (QED) is 0.419. The Labute approximate surface area is 225 Å². The van der Waals surface area contributed by atoms with Gasteiger partial charge in [-0.15, -0.1) is 16.9 Å². The number of carbonyl (C=O) groups excluding carboxylic acids is 3. The van der Waals surface area contributed by atoms with E-state index < -0.39 is 22.6 Å². The third-order valence-electron chi connectivity index (χ3n) is 8.23. The number of likely N-dealkylation sites (N-methyl/N-ethyl adjacent to an activating group) is 1. The number of likely N-dealkylation sites (tertiary alicyclic amines) is 1. The number of nitrogens with zero attached hydrogens (tertiary/aromatic N) is 6. The van der Waals surface area contributed by atoms with Crippen molar-refractivity contribution in [2.75, 3.05) is 33.3 Å². The number of rotatable bonds is 7. The standard InChI is InChI=1S/C27H32N6O4S/c1-30-13-7-11-20-21(24(30)35)22-25(36)32(15-5-2-6-16-34)23-26(37)31(14-8-12-27(22,23)38-20)17-33-19-10-4-3-9-18(19)28-29-33/h3-4,7-12,20-23,34H,2,5-6,13-17H2,1H3/t20-,21+,22-,23?,27-/m0/s1. The minimum Gasteiger partial charge on any atom is -0.396 e. The molecule has 2 aromatic rings. The molecule has 1 spiro atoms. The van der Waals surface area contributed by atoms with Crippen LogP contribution in [0, 0.1) is 11.8 Å². The Morgan fingerprint density at radius 1 is 1.05 bits per heavy atom. The lowest BCUT2D eigenvalue weighted by molar-refractivity contribution is -0.144. The van der Waals surface area contributed by atoms with Crippen LogP contribution >= 0.6 is 11.8 Å². The summed E-state index contributed by atoms with van der Waals surface area (Å²) < 4.78 is 0.893. The maximum absolute atomic E-state index is 14.4. The minimum atomic E-state index is -0.822. The molecule has 0 saturated carbocycles. The number of aliphatic hydroxyl groups is 1. The molecule has 2 saturated heterocycles. The van der Waals surface area contributed by atoms with Crippen molar-refractivity contribution in [1.82, 2.24) is 29.7 Å². The molecule has 2 fully saturated rings. The first-order valence-electron chi connectivity index (χ1n) is 13.2. The largest absolute Gasteiger partial charge is 0.396 e. The number of para-hydroxylation sites is 1. The Kier molecular flexibility index (Phi) is 6.51. The normalized spacial score (nSPS) is 30.6. The van der Waals surface area contributed by atoms with Crippen LogP contribution in [0.3, 0.4) is 0 Å². The zero-order valence-electron chi connectivity index (χ0n) is 21.3. The van der Waals surface area contributed by atoms with Crippen LogP contribution in [-0.2, 0) is 21.1 Å². The van der Waals surface area contributed by atoms with Crippen molar-refractivity contribution in [3.05, 3.63) is 48.6 Å². The van der Waals surface area contributed by atoms with Crippen molar-refractivity contribution >= 4 is 40.5 Å². The van der Waals surface area contributed by atoms with Gasteiger partial charge in [-0.1, -0.05) is 41.7 Å². The van der Waals surface area contributed by atoms with Gasteiger partial charge in [0, 0.05) is 38.5 Å². The van der Waals surface area contributed by atoms with Crippen LogP contribution in [0.2, 0.25) is 0 Å². The summed E-state index contributed by atoms with van der Waals surface area (Å²) in [6.07, 6.45) is 10.1. The molecule has 6 rings (SSSR count). The van der Waals surface area contributed by atoms with Gasteiger partial charge in [-0.25, -0.2) is 4.68 Å². The summed E-state index contributed by atoms with van der Waals surface area (Å²) in [7, 11) is 1.77. The maximum atomic E-state index is 14.4. The van der Waals surface area contributed by atoms with E-state index in [1.165, 1.54) is 0 Å². The number of thioether (sulfide) groups is 1. The molecule has 5 heterocycles. The Morgan fingerprint density at radius 2 is 1.89 bits per heavy atom. The van der Waals surface area contributed by atoms with E-state index in [-0.39, 0.29) is 36.2 Å². The number of unbranched alkanes of at least 4 members (excludes halogenated alkanes) is 2. The highest BCUT2D eigenvalue weighted by molar-refractivity contribution is 8.02. The molecule has 1 unspecified atom stereocenters. The van der Waals surface area contributed by atoms with Gasteiger partial charge in [-0.3, -0.25) is 14.4 Å². The number of aliphatic hydroxyl groups excluding tert-OH is 1. The van der Waals surface area contributed by atoms with E-state index in [0.29, 0.717) is 32.5 Å². The van der Waals surface area contributed by atoms with Gasteiger partial charge in [0.15, 0.2) is 0 Å². The lowest BCUT2D eigenvalue weighted by Gasteiger charge is -2.35. The number of benzene rings is 1. The number of amides is 3. The molecule has 200 valence electrons. The van der Waals surface area contributed by atoms with Crippen LogP contribution in [-0.4, -0.2) is 102 Å². The summed E-state index contributed by atoms with van der Waals surface area (Å²) in [6.45, 7) is 1.62. The topological polar surface area (TPSA) is 112 Å². The van der Waals surface area contributed by atoms with Gasteiger partial charge in [0.2, 0.25) is 17.7 Å². The van der Waals surface area contributed by atoms with E-state index in [9.17, 15) is 19.5 Å². The van der Waals surface area contributed by atoms with Crippen molar-refractivity contribution in [1.29, 1.82) is 0 Å². The van der Waals surface area contributed by atoms with Crippen LogP contribution in [0.15, 0.2) is 48.6 Å². The fourth-order valence-electron chi connectivity index (χ4n) is 6.43. The Balaban J connectivity index is 1.37. The number of aromatic nitrogens is 3. The number of fused-ring (bicyclic) bond motifs is 3. The highest BCUT2D eigenvalue weighted by Crippen LogP contribution is 2.61. The predicted molar refractivity (Wildman–Crippen MR) is 143 cm³/mol. The lowest BCUT2D eigenvalue weighted by Crippen LogP contribution is -2.53. The summed E-state index contributed by atoms with van der Waals surface area (Å²) in [5.41, 5.74) is 1.59. The van der Waals surface area contributed by atoms with Crippen molar-refractivity contribution in [3.63, 3.8) is 0 Å². The first kappa shape index (κ1) is 25.1. The molecule has 11 heteroatoms. The van der Waals surface area contributed by atoms with Crippen LogP contribution < -0.4 is 0 Å². The highest BCUT2D eigenvalue weighted by Gasteiger charge is 2.70. The smallest absolute Gasteiger partial charge is 0.248 e. The Bertz CT molecular complexity index is 1330. The van der Waals surface area contributed by atoms with Crippen molar-refractivity contribution in [2.24, 2.45) is 11.8 Å². The molecule has 1 N–H and O–H groups in total. The number of hydrogen-bond acceptors (Lipinski definition) is 7. The van der Waals surface area contributed by atoms with Gasteiger partial charge >= 0.3 is 0 Å². The van der Waals surface area contributed by atoms with Crippen molar-refractivity contribution < 1.29 is 19.5 Å². The molecule has 38 heavy (non-hydrogen) atoms. The monoisotopic (exact) mass is 536 g/mol. The third-order valence-corrected chi connectivity index (χ3v) is 9.97. The molecule has 1 aromatic heterocycles. The van der Waals surface area contributed by atoms with Gasteiger partial charge < -0.3 is 19.8 Å². The summed E-state index contributed by atoms with van der Waals surface area (Å²) in [6, 6.07) is 6.90. The molecule has 0 bridgehead atoms. The molecule has 3 amide bonds. The van der Waals surface area contributed by atoms with E-state index in [1.54, 1.807) is 38.2 Å². The second-order valence-electron chi connectivity index (χ2n) is 10.5. The maximum Gasteiger partial charge on any atom is 0.248 e. The molecule has 0 aliphatic carbocycles. The van der Waals surface area contributed by atoms with E-state index in [2.05, 4.69) is 10.3 Å². The molecule has 4 aliphatic rings. The van der Waals surface area contributed by atoms with Gasteiger partial charge in [0.05, 0.1) is 22.1 Å². The Hall–Kier alpha value is -3.18. The van der Waals surface area contributed by atoms with Crippen LogP contribution in [0.5, 0.6) is 0 Å². The fourth-order valence-corrected chi connectivity index (χ4v) is 8.44. The average Bonchev–Trinajstić information content (AvgIpc) is 3.47. The van der Waals surface area contributed by atoms with Gasteiger partial charge in [-0.2, -0.15) is 0 Å². The summed E-state index contributed by atoms with van der Waals surface area (Å²) >= 11 is 1.59. The van der Waals surface area contributed by atoms with Crippen molar-refractivity contribution in [2.45, 2.75) is 42.0 Å². The lowest BCUT2D eigenvalue weighted by atomic mass is 9.78. The average molecular weight is 537 g/mol. The third kappa shape index (κ3) is 3.86. The molecule has 1 aromatic carbocycles. The van der Waals surface area contributed by atoms with Gasteiger partial charge in [0.1, 0.15) is 18.2 Å². The van der Waals surface area contributed by atoms with Crippen molar-refractivity contribution in [3.8, 4) is 0 Å². The molecule has 0 radical (unpaired) electrons. The SMILES string of the molecule is CN1CC=C[C@@H]2S[C@]34C=CCN(Cn5nnc6ccccc65)C(=O)C3N(CCCCCO)C(=O)[C@@H]4[C@@H]2C1=O. The summed E-state index contributed by atoms with van der Waals surface area (Å²) in [5, 5.41) is 17.6. The van der Waals surface area contributed by atoms with Gasteiger partial charge in [-0.05, 0) is 31.4 Å². The second-order valence-corrected chi connectivity index (χ2v) is 12.0. The van der Waals surface area contributed by atoms with E-state index in [0.717, 1.165) is 17.5 Å². The first-order valence-corrected chi connectivity index (χ1v) is 14.1. The molecule has 4 aliphatic heterocycles. The molecular weight excluding hydrogens is 504 g/mol. The number of hydrogen-bond donors (Lipinski definition) is 1. The zero-order chi connectivity index (χ0) is 26.4. The molecular formula is C27H32N6O4S. The van der Waals surface area contributed by atoms with Crippen LogP contribution in [0.1, 0.15) is 19.3 Å². The molecule has 10 nitrogen and oxygen atoms in total. The summed E-state index contributed by atoms with van der Waals surface area (Å²) in [5.74, 6) is -1.42. The van der Waals surface area contributed by atoms with Crippen LogP contribution in [0.25, 0.3) is 11.0 Å². The van der Waals surface area contributed by atoms with Gasteiger partial charge in [0.25, 0.3) is 0 Å². The zero-order valence-corrected chi connectivity index (χ0v) is 22.2. The Morgan fingerprint density at radius 3 is 2.74 bits per heavy atom. The molecule has 5 atom stereocenters. The minimum absolute atomic E-state index is 0.0420.